The van der Waals surface area contributed by atoms with Gasteiger partial charge in [0, 0.05) is 148 Å². The molecule has 0 radical (unpaired) electrons. The first kappa shape index (κ1) is 60.6. The number of carbonyl (C=O) groups is 6. The van der Waals surface area contributed by atoms with E-state index in [1.165, 1.54) is 35.3 Å². The van der Waals surface area contributed by atoms with Gasteiger partial charge in [0.05, 0.1) is 17.5 Å². The van der Waals surface area contributed by atoms with E-state index in [2.05, 4.69) is 79.0 Å². The van der Waals surface area contributed by atoms with Crippen LogP contribution in [0.2, 0.25) is 0 Å². The summed E-state index contributed by atoms with van der Waals surface area (Å²) in [5.74, 6) is 1.53. The number of aromatic amines is 2. The number of thioether (sulfide) groups is 3. The second kappa shape index (κ2) is 29.5. The van der Waals surface area contributed by atoms with E-state index in [9.17, 15) is 28.8 Å². The Balaban J connectivity index is 1.25. The second-order valence-electron chi connectivity index (χ2n) is 20.6. The molecular weight excluding hydrogens is 1110 g/mol. The number of nitrogens with zero attached hydrogens (tertiary/aromatic N) is 1. The normalized spacial score (nSPS) is 17.4. The van der Waals surface area contributed by atoms with Crippen LogP contribution >= 0.6 is 35.3 Å². The van der Waals surface area contributed by atoms with Crippen LogP contribution in [-0.2, 0) is 35.3 Å². The Hall–Kier alpha value is -7.96. The number of benzene rings is 4. The summed E-state index contributed by atoms with van der Waals surface area (Å²) in [6.45, 7) is 5.27. The fraction of sp³-hybridized carbons (Fsp3) is 0.269. The lowest BCUT2D eigenvalue weighted by Crippen LogP contribution is -2.30. The Labute approximate surface area is 503 Å². The van der Waals surface area contributed by atoms with Crippen LogP contribution in [-0.4, -0.2) is 79.1 Å². The van der Waals surface area contributed by atoms with Gasteiger partial charge in [-0.05, 0) is 117 Å². The highest BCUT2D eigenvalue weighted by Gasteiger charge is 2.29. The summed E-state index contributed by atoms with van der Waals surface area (Å²) >= 11 is 3.80. The third kappa shape index (κ3) is 15.6. The number of unbranched alkanes of at least 4 members (excludes halogenated alkanes) is 3. The van der Waals surface area contributed by atoms with Gasteiger partial charge >= 0.3 is 0 Å². The molecule has 2 aromatic heterocycles. The standard InChI is InChI=1S/C67H70N8O6S3/c1-42(76)82-38-16-13-27-61(79)73-50-24-10-7-21-47(50)65-55-32-30-53(69-55)64(46-20-6-5-19-45(46)41-68-4)54-31-33-56(70-54)66(48-22-8-11-25-51(48)74-62(80)28-14-17-39-83-43(2)77)58-35-37-60(72-58)67(59-36-34-57(65)71-59)49-23-9-12-26-52(49)75-63(81)29-15-18-40-84-44(3)78/h5-12,19-26,30-37,53,68-71H,13-18,27-29,38-41H2,1-4H3,(H,73,79)(H,74,80)(H,75,81)/b64-54-,65-55-,66-56-,67-60-. The van der Waals surface area contributed by atoms with Crippen molar-refractivity contribution in [3.05, 3.63) is 207 Å². The van der Waals surface area contributed by atoms with Crippen molar-refractivity contribution in [1.82, 2.24) is 20.6 Å². The van der Waals surface area contributed by atoms with Crippen LogP contribution in [0.4, 0.5) is 17.1 Å². The zero-order valence-electron chi connectivity index (χ0n) is 47.7. The van der Waals surface area contributed by atoms with Gasteiger partial charge in [-0.2, -0.15) is 0 Å². The number of allylic oxidation sites excluding steroid dienone is 3. The van der Waals surface area contributed by atoms with Gasteiger partial charge in [-0.1, -0.05) is 120 Å². The number of carbonyl (C=O) groups excluding carboxylic acids is 6. The maximum absolute atomic E-state index is 13.8. The Morgan fingerprint density at radius 1 is 0.488 bits per heavy atom. The van der Waals surface area contributed by atoms with Crippen LogP contribution in [0.15, 0.2) is 162 Å². The molecule has 0 fully saturated rings. The minimum atomic E-state index is -0.366. The molecule has 3 aliphatic heterocycles. The number of anilines is 3. The van der Waals surface area contributed by atoms with Crippen LogP contribution in [0.1, 0.15) is 118 Å². The minimum Gasteiger partial charge on any atom is -0.374 e. The number of H-pyrrole nitrogens is 2. The largest absolute Gasteiger partial charge is 0.374 e. The summed E-state index contributed by atoms with van der Waals surface area (Å²) < 4.78 is 0. The summed E-state index contributed by atoms with van der Waals surface area (Å²) in [6.07, 6.45) is 13.2. The molecule has 432 valence electrons. The molecule has 17 heteroatoms. The van der Waals surface area contributed by atoms with Crippen LogP contribution in [0.5, 0.6) is 0 Å². The van der Waals surface area contributed by atoms with Crippen LogP contribution in [0.25, 0.3) is 22.3 Å². The van der Waals surface area contributed by atoms with E-state index in [0.717, 1.165) is 85.9 Å². The molecule has 3 aliphatic rings. The highest BCUT2D eigenvalue weighted by Crippen LogP contribution is 2.40. The molecule has 4 aromatic carbocycles. The first-order valence-electron chi connectivity index (χ1n) is 28.5. The highest BCUT2D eigenvalue weighted by atomic mass is 32.2. The van der Waals surface area contributed by atoms with Gasteiger partial charge in [0.15, 0.2) is 15.3 Å². The highest BCUT2D eigenvalue weighted by molar-refractivity contribution is 8.14. The Bertz CT molecular complexity index is 3770. The van der Waals surface area contributed by atoms with E-state index in [1.807, 2.05) is 110 Å². The van der Waals surface area contributed by atoms with Crippen molar-refractivity contribution in [3.63, 3.8) is 0 Å². The van der Waals surface area contributed by atoms with Gasteiger partial charge in [0.25, 0.3) is 0 Å². The van der Waals surface area contributed by atoms with E-state index >= 15 is 0 Å². The van der Waals surface area contributed by atoms with Gasteiger partial charge in [-0.15, -0.1) is 0 Å². The lowest BCUT2D eigenvalue weighted by molar-refractivity contribution is -0.117. The lowest BCUT2D eigenvalue weighted by Gasteiger charge is -2.21. The third-order valence-corrected chi connectivity index (χ3v) is 17.1. The van der Waals surface area contributed by atoms with Crippen molar-refractivity contribution < 1.29 is 28.8 Å². The van der Waals surface area contributed by atoms with Gasteiger partial charge in [0.1, 0.15) is 0 Å². The Morgan fingerprint density at radius 3 is 1.48 bits per heavy atom. The molecule has 14 nitrogen and oxygen atoms in total. The van der Waals surface area contributed by atoms with E-state index in [4.69, 9.17) is 4.99 Å². The molecule has 1 atom stereocenters. The van der Waals surface area contributed by atoms with Crippen molar-refractivity contribution in [2.24, 2.45) is 4.99 Å². The molecule has 0 saturated heterocycles. The van der Waals surface area contributed by atoms with Crippen molar-refractivity contribution in [2.75, 3.05) is 40.3 Å². The van der Waals surface area contributed by atoms with E-state index in [0.29, 0.717) is 89.2 Å². The summed E-state index contributed by atoms with van der Waals surface area (Å²) in [6, 6.07) is 39.5. The number of nitrogens with one attached hydrogen (secondary N) is 7. The Kier molecular flexibility index (Phi) is 21.3. The van der Waals surface area contributed by atoms with E-state index in [-0.39, 0.29) is 52.0 Å². The van der Waals surface area contributed by atoms with Crippen molar-refractivity contribution in [1.29, 1.82) is 0 Å². The first-order valence-corrected chi connectivity index (χ1v) is 31.4. The van der Waals surface area contributed by atoms with Gasteiger partial charge in [-0.25, -0.2) is 4.99 Å². The summed E-state index contributed by atoms with van der Waals surface area (Å²) in [4.78, 5) is 89.5. The predicted octanol–water partition coefficient (Wildman–Crippen LogP) is 11.4. The molecule has 1 unspecified atom stereocenters. The first-order chi connectivity index (χ1) is 40.8. The molecule has 9 rings (SSSR count). The number of aliphatic imine (C=N–C) groups is 1. The Morgan fingerprint density at radius 2 is 0.952 bits per heavy atom. The molecule has 8 bridgehead atoms. The maximum atomic E-state index is 13.8. The van der Waals surface area contributed by atoms with Crippen molar-refractivity contribution in [2.45, 2.75) is 91.1 Å². The molecule has 84 heavy (non-hydrogen) atoms. The number of para-hydroxylation sites is 3. The zero-order valence-corrected chi connectivity index (χ0v) is 50.2. The molecule has 0 spiro atoms. The van der Waals surface area contributed by atoms with E-state index < -0.39 is 0 Å². The molecule has 5 heterocycles. The molecule has 7 N–H and O–H groups in total. The smallest absolute Gasteiger partial charge is 0.224 e. The molecule has 0 aliphatic carbocycles. The fourth-order valence-electron chi connectivity index (χ4n) is 10.6. The van der Waals surface area contributed by atoms with Gasteiger partial charge in [-0.3, -0.25) is 28.8 Å². The number of hydrogen-bond donors (Lipinski definition) is 7. The average molecular weight is 1180 g/mol. The fourth-order valence-corrected chi connectivity index (χ4v) is 12.5. The van der Waals surface area contributed by atoms with Crippen LogP contribution in [0, 0.1) is 0 Å². The van der Waals surface area contributed by atoms with E-state index in [1.54, 1.807) is 20.8 Å². The van der Waals surface area contributed by atoms with Crippen molar-refractivity contribution >= 4 is 113 Å². The molecule has 3 amide bonds. The monoisotopic (exact) mass is 1180 g/mol. The molecular formula is C67H70N8O6S3. The minimum absolute atomic E-state index is 0.0527. The summed E-state index contributed by atoms with van der Waals surface area (Å²) in [7, 11) is 1.94. The van der Waals surface area contributed by atoms with Crippen LogP contribution < -0.4 is 37.3 Å². The molecule has 6 aromatic rings. The quantitative estimate of drug-likeness (QED) is 0.0284. The zero-order chi connectivity index (χ0) is 59.0. The van der Waals surface area contributed by atoms with Crippen molar-refractivity contribution in [3.8, 4) is 0 Å². The van der Waals surface area contributed by atoms with Crippen LogP contribution in [0.3, 0.4) is 0 Å². The average Bonchev–Trinajstić information content (AvgIpc) is 2.63. The number of aromatic nitrogens is 2. The maximum Gasteiger partial charge on any atom is 0.224 e. The van der Waals surface area contributed by atoms with Gasteiger partial charge in [0.2, 0.25) is 17.7 Å². The summed E-state index contributed by atoms with van der Waals surface area (Å²) in [5.41, 5.74) is 13.0. The number of rotatable bonds is 24. The second-order valence-corrected chi connectivity index (χ2v) is 24.4. The topological polar surface area (TPSA) is 207 Å². The number of fused-ring (bicyclic) bond motifs is 7. The molecule has 0 saturated carbocycles. The predicted molar refractivity (Wildman–Crippen MR) is 346 cm³/mol. The number of amides is 3. The third-order valence-electron chi connectivity index (χ3n) is 14.4. The lowest BCUT2D eigenvalue weighted by atomic mass is 9.94. The van der Waals surface area contributed by atoms with Gasteiger partial charge < -0.3 is 36.6 Å². The number of hydrogen-bond acceptors (Lipinski definition) is 12. The SMILES string of the molecule is CNCc1ccccc1/C1=c2\cc/c([nH]2)=C(\c2ccccc2NC(=O)CCCCSC(C)=O)C2=N/C(=C(/c3ccccc3NC(=O)CCCCSC(C)=O)c3ccc([nH]3)/C(c3ccccc3NC(=O)CCCCSC(C)=O)=C3/C=CC1N3)C=C2. The summed E-state index contributed by atoms with van der Waals surface area (Å²) in [5, 5.41) is 18.8.